The molecule has 0 saturated carbocycles. The Bertz CT molecular complexity index is 1090. The second-order valence-electron chi connectivity index (χ2n) is 7.79. The van der Waals surface area contributed by atoms with E-state index < -0.39 is 23.3 Å². The second-order valence-corrected chi connectivity index (χ2v) is 7.79. The van der Waals surface area contributed by atoms with Gasteiger partial charge in [-0.1, -0.05) is 35.9 Å². The Morgan fingerprint density at radius 2 is 1.78 bits per heavy atom. The van der Waals surface area contributed by atoms with Crippen LogP contribution < -0.4 is 4.74 Å². The molecule has 2 aromatic carbocycles. The van der Waals surface area contributed by atoms with Crippen LogP contribution in [-0.4, -0.2) is 42.0 Å². The maximum Gasteiger partial charge on any atom is 0.375 e. The Labute approximate surface area is 186 Å². The minimum Gasteiger partial charge on any atom is -0.508 e. The molecule has 1 unspecified atom stereocenters. The lowest BCUT2D eigenvalue weighted by Gasteiger charge is -2.28. The number of hydrogen-bond acceptors (Lipinski definition) is 7. The van der Waals surface area contributed by atoms with Gasteiger partial charge in [-0.25, -0.2) is 9.59 Å². The average molecular weight is 438 g/mol. The van der Waals surface area contributed by atoms with E-state index in [4.69, 9.17) is 14.2 Å². The number of phenolic OH excluding ortho intramolecular Hbond substituents is 1. The molecule has 2 aromatic rings. The molecule has 0 fully saturated rings. The van der Waals surface area contributed by atoms with E-state index >= 15 is 0 Å². The molecular formula is C25H26O7. The topological polar surface area (TPSA) is 102 Å². The molecule has 0 aromatic heterocycles. The van der Waals surface area contributed by atoms with Gasteiger partial charge in [-0.05, 0) is 55.2 Å². The molecule has 1 aliphatic rings. The van der Waals surface area contributed by atoms with Crippen molar-refractivity contribution in [3.05, 3.63) is 76.6 Å². The van der Waals surface area contributed by atoms with Crippen LogP contribution in [0.3, 0.4) is 0 Å². The lowest BCUT2D eigenvalue weighted by molar-refractivity contribution is -0.169. The Balaban J connectivity index is 2.10. The summed E-state index contributed by atoms with van der Waals surface area (Å²) in [6.45, 7) is 3.92. The number of esters is 2. The molecule has 2 N–H and O–H groups in total. The lowest BCUT2D eigenvalue weighted by Crippen LogP contribution is -2.44. The van der Waals surface area contributed by atoms with Gasteiger partial charge in [0, 0.05) is 6.42 Å². The van der Waals surface area contributed by atoms with Crippen molar-refractivity contribution in [3.8, 4) is 11.5 Å². The van der Waals surface area contributed by atoms with E-state index in [1.54, 1.807) is 36.4 Å². The molecule has 1 heterocycles. The third-order valence-electron chi connectivity index (χ3n) is 5.32. The van der Waals surface area contributed by atoms with E-state index in [0.29, 0.717) is 28.9 Å². The molecular weight excluding hydrogens is 412 g/mol. The summed E-state index contributed by atoms with van der Waals surface area (Å²) in [5.74, 6) is -1.78. The minimum atomic E-state index is -1.88. The summed E-state index contributed by atoms with van der Waals surface area (Å²) in [6.07, 6.45) is 2.39. The van der Waals surface area contributed by atoms with Crippen molar-refractivity contribution in [1.82, 2.24) is 0 Å². The van der Waals surface area contributed by atoms with Gasteiger partial charge in [-0.3, -0.25) is 0 Å². The van der Waals surface area contributed by atoms with Gasteiger partial charge in [0.05, 0.1) is 19.8 Å². The summed E-state index contributed by atoms with van der Waals surface area (Å²) in [5.41, 5.74) is 0.945. The maximum absolute atomic E-state index is 13.0. The standard InChI is InChI=1S/C25H26O7/c1-15(2)5-7-18-13-16(6-12-20(18)26)14-25(24(29)31-4)21(22(27)23(28)32-25)17-8-10-19(30-3)11-9-17/h5-6,8-13,26-27H,7,14H2,1-4H3. The van der Waals surface area contributed by atoms with Crippen LogP contribution in [-0.2, 0) is 31.9 Å². The predicted molar refractivity (Wildman–Crippen MR) is 118 cm³/mol. The molecule has 1 aliphatic heterocycles. The Hall–Kier alpha value is -3.74. The summed E-state index contributed by atoms with van der Waals surface area (Å²) in [7, 11) is 2.71. The lowest BCUT2D eigenvalue weighted by atomic mass is 9.83. The van der Waals surface area contributed by atoms with Crippen molar-refractivity contribution < 1.29 is 34.0 Å². The Morgan fingerprint density at radius 3 is 2.38 bits per heavy atom. The fraction of sp³-hybridized carbons (Fsp3) is 0.280. The number of ether oxygens (including phenoxy) is 3. The Kier molecular flexibility index (Phi) is 6.58. The molecule has 7 nitrogen and oxygen atoms in total. The number of carbonyl (C=O) groups excluding carboxylic acids is 2. The van der Waals surface area contributed by atoms with Crippen LogP contribution in [0.4, 0.5) is 0 Å². The quantitative estimate of drug-likeness (QED) is 0.499. The van der Waals surface area contributed by atoms with Crippen molar-refractivity contribution in [3.63, 3.8) is 0 Å². The van der Waals surface area contributed by atoms with Gasteiger partial charge in [-0.2, -0.15) is 0 Å². The predicted octanol–water partition coefficient (Wildman–Crippen LogP) is 3.89. The number of carbonyl (C=O) groups is 2. The first kappa shape index (κ1) is 22.9. The number of methoxy groups -OCH3 is 2. The number of phenols is 1. The first-order chi connectivity index (χ1) is 15.2. The van der Waals surface area contributed by atoms with E-state index in [9.17, 15) is 19.8 Å². The van der Waals surface area contributed by atoms with Crippen LogP contribution >= 0.6 is 0 Å². The first-order valence-electron chi connectivity index (χ1n) is 10.1. The zero-order valence-electron chi connectivity index (χ0n) is 18.5. The van der Waals surface area contributed by atoms with E-state index in [2.05, 4.69) is 0 Å². The van der Waals surface area contributed by atoms with Crippen LogP contribution in [0, 0.1) is 0 Å². The average Bonchev–Trinajstić information content (AvgIpc) is 3.03. The number of aromatic hydroxyl groups is 1. The summed E-state index contributed by atoms with van der Waals surface area (Å²) < 4.78 is 15.6. The highest BCUT2D eigenvalue weighted by molar-refractivity contribution is 6.11. The number of benzene rings is 2. The van der Waals surface area contributed by atoms with Gasteiger partial charge in [-0.15, -0.1) is 0 Å². The van der Waals surface area contributed by atoms with Gasteiger partial charge < -0.3 is 24.4 Å². The van der Waals surface area contributed by atoms with E-state index in [-0.39, 0.29) is 17.7 Å². The van der Waals surface area contributed by atoms with E-state index in [1.807, 2.05) is 19.9 Å². The third kappa shape index (κ3) is 4.32. The van der Waals surface area contributed by atoms with Crippen molar-refractivity contribution >= 4 is 17.5 Å². The third-order valence-corrected chi connectivity index (χ3v) is 5.32. The van der Waals surface area contributed by atoms with Crippen LogP contribution in [0.1, 0.15) is 30.5 Å². The first-order valence-corrected chi connectivity index (χ1v) is 10.1. The smallest absolute Gasteiger partial charge is 0.375 e. The van der Waals surface area contributed by atoms with Crippen molar-refractivity contribution in [2.24, 2.45) is 0 Å². The number of hydrogen-bond donors (Lipinski definition) is 2. The van der Waals surface area contributed by atoms with Gasteiger partial charge in [0.25, 0.3) is 0 Å². The molecule has 0 amide bonds. The molecule has 0 aliphatic carbocycles. The maximum atomic E-state index is 13.0. The number of cyclic esters (lactones) is 1. The van der Waals surface area contributed by atoms with Gasteiger partial charge in [0.2, 0.25) is 11.4 Å². The highest BCUT2D eigenvalue weighted by Crippen LogP contribution is 2.43. The van der Waals surface area contributed by atoms with Crippen LogP contribution in [0.5, 0.6) is 11.5 Å². The zero-order chi connectivity index (χ0) is 23.5. The molecule has 1 atom stereocenters. The second kappa shape index (κ2) is 9.18. The summed E-state index contributed by atoms with van der Waals surface area (Å²) in [4.78, 5) is 25.4. The molecule has 0 spiro atoms. The van der Waals surface area contributed by atoms with Gasteiger partial charge >= 0.3 is 11.9 Å². The molecule has 0 bridgehead atoms. The molecule has 0 radical (unpaired) electrons. The molecule has 32 heavy (non-hydrogen) atoms. The van der Waals surface area contributed by atoms with Crippen molar-refractivity contribution in [2.75, 3.05) is 14.2 Å². The summed E-state index contributed by atoms with van der Waals surface area (Å²) >= 11 is 0. The molecule has 7 heteroatoms. The zero-order valence-corrected chi connectivity index (χ0v) is 18.5. The minimum absolute atomic E-state index is 0.0240. The van der Waals surface area contributed by atoms with E-state index in [0.717, 1.165) is 5.57 Å². The molecule has 3 rings (SSSR count). The largest absolute Gasteiger partial charge is 0.508 e. The highest BCUT2D eigenvalue weighted by Gasteiger charge is 2.55. The van der Waals surface area contributed by atoms with E-state index in [1.165, 1.54) is 20.3 Å². The molecule has 0 saturated heterocycles. The number of aliphatic hydroxyl groups is 1. The highest BCUT2D eigenvalue weighted by atomic mass is 16.6. The fourth-order valence-corrected chi connectivity index (χ4v) is 3.70. The summed E-state index contributed by atoms with van der Waals surface area (Å²) in [6, 6.07) is 11.5. The van der Waals surface area contributed by atoms with Crippen molar-refractivity contribution in [2.45, 2.75) is 32.3 Å². The molecule has 168 valence electrons. The van der Waals surface area contributed by atoms with Crippen LogP contribution in [0.2, 0.25) is 0 Å². The normalized spacial score (nSPS) is 17.7. The monoisotopic (exact) mass is 438 g/mol. The van der Waals surface area contributed by atoms with Crippen LogP contribution in [0.25, 0.3) is 5.57 Å². The van der Waals surface area contributed by atoms with Gasteiger partial charge in [0.15, 0.2) is 0 Å². The number of aliphatic hydroxyl groups excluding tert-OH is 1. The fourth-order valence-electron chi connectivity index (χ4n) is 3.70. The number of rotatable bonds is 7. The summed E-state index contributed by atoms with van der Waals surface area (Å²) in [5, 5.41) is 20.8. The van der Waals surface area contributed by atoms with Crippen LogP contribution in [0.15, 0.2) is 59.9 Å². The van der Waals surface area contributed by atoms with Crippen molar-refractivity contribution in [1.29, 1.82) is 0 Å². The Morgan fingerprint density at radius 1 is 1.09 bits per heavy atom. The SMILES string of the molecule is COC(=O)C1(Cc2ccc(O)c(CC=C(C)C)c2)OC(=O)C(O)=C1c1ccc(OC)cc1. The van der Waals surface area contributed by atoms with Gasteiger partial charge in [0.1, 0.15) is 11.5 Å². The number of allylic oxidation sites excluding steroid dienone is 2.